The molecule has 0 bridgehead atoms. The number of hydroxylamine groups is 2. The van der Waals surface area contributed by atoms with Gasteiger partial charge in [0.1, 0.15) is 11.5 Å². The Hall–Kier alpha value is -3.84. The molecule has 3 rings (SSSR count). The maximum atomic E-state index is 13.4. The number of urea groups is 1. The highest BCUT2D eigenvalue weighted by molar-refractivity contribution is 6.08. The lowest BCUT2D eigenvalue weighted by Crippen LogP contribution is -2.41. The molecule has 0 aliphatic heterocycles. The van der Waals surface area contributed by atoms with Crippen molar-refractivity contribution in [1.29, 1.82) is 0 Å². The maximum absolute atomic E-state index is 13.4. The van der Waals surface area contributed by atoms with Crippen LogP contribution in [0.25, 0.3) is 0 Å². The smallest absolute Gasteiger partial charge is 0.338 e. The molecule has 0 spiro atoms. The van der Waals surface area contributed by atoms with Gasteiger partial charge >= 0.3 is 6.03 Å². The van der Waals surface area contributed by atoms with E-state index in [1.54, 1.807) is 60.7 Å². The lowest BCUT2D eigenvalue weighted by atomic mass is 10.1. The third-order valence-corrected chi connectivity index (χ3v) is 4.19. The Balaban J connectivity index is 1.90. The van der Waals surface area contributed by atoms with Crippen LogP contribution in [0.3, 0.4) is 0 Å². The molecular formula is C22H21N3O4. The Bertz CT molecular complexity index is 964. The molecule has 0 radical (unpaired) electrons. The summed E-state index contributed by atoms with van der Waals surface area (Å²) in [6.07, 6.45) is 0. The predicted molar refractivity (Wildman–Crippen MR) is 109 cm³/mol. The predicted octanol–water partition coefficient (Wildman–Crippen LogP) is 3.90. The summed E-state index contributed by atoms with van der Waals surface area (Å²) in [6.45, 7) is -0.0976. The van der Waals surface area contributed by atoms with Gasteiger partial charge in [0.05, 0.1) is 12.1 Å². The number of carbonyl (C=O) groups excluding carboxylic acids is 2. The molecule has 7 heteroatoms. The highest BCUT2D eigenvalue weighted by Gasteiger charge is 2.22. The molecule has 0 fully saturated rings. The molecule has 7 nitrogen and oxygen atoms in total. The third-order valence-electron chi connectivity index (χ3n) is 4.19. The lowest BCUT2D eigenvalue weighted by Gasteiger charge is -2.25. The van der Waals surface area contributed by atoms with Crippen molar-refractivity contribution in [2.24, 2.45) is 5.73 Å². The number of rotatable bonds is 7. The molecule has 29 heavy (non-hydrogen) atoms. The number of hydrogen-bond acceptors (Lipinski definition) is 4. The average molecular weight is 391 g/mol. The van der Waals surface area contributed by atoms with Crippen LogP contribution >= 0.6 is 0 Å². The van der Waals surface area contributed by atoms with Gasteiger partial charge in [-0.05, 0) is 36.4 Å². The summed E-state index contributed by atoms with van der Waals surface area (Å²) in [6, 6.07) is 24.0. The van der Waals surface area contributed by atoms with Gasteiger partial charge in [0, 0.05) is 12.2 Å². The minimum absolute atomic E-state index is 0.0436. The number of para-hydroxylation sites is 3. The summed E-state index contributed by atoms with van der Waals surface area (Å²) in [5.74, 6) is 0.676. The van der Waals surface area contributed by atoms with E-state index in [9.17, 15) is 14.8 Å². The first kappa shape index (κ1) is 19.9. The highest BCUT2D eigenvalue weighted by Crippen LogP contribution is 2.27. The lowest BCUT2D eigenvalue weighted by molar-refractivity contribution is -0.0365. The van der Waals surface area contributed by atoms with Crippen molar-refractivity contribution in [3.63, 3.8) is 0 Å². The van der Waals surface area contributed by atoms with Crippen molar-refractivity contribution in [2.75, 3.05) is 18.0 Å². The molecule has 3 N–H and O–H groups in total. The molecule has 3 aromatic rings. The molecule has 0 aliphatic carbocycles. The van der Waals surface area contributed by atoms with Crippen LogP contribution in [0.4, 0.5) is 10.5 Å². The summed E-state index contributed by atoms with van der Waals surface area (Å²) < 4.78 is 5.90. The van der Waals surface area contributed by atoms with Crippen molar-refractivity contribution in [1.82, 2.24) is 5.06 Å². The monoisotopic (exact) mass is 391 g/mol. The minimum atomic E-state index is -0.988. The van der Waals surface area contributed by atoms with E-state index in [4.69, 9.17) is 10.5 Å². The maximum Gasteiger partial charge on any atom is 0.338 e. The second kappa shape index (κ2) is 9.38. The third kappa shape index (κ3) is 5.12. The van der Waals surface area contributed by atoms with Crippen LogP contribution in [0, 0.1) is 0 Å². The fraction of sp³-hybridized carbons (Fsp3) is 0.0909. The normalized spacial score (nSPS) is 10.2. The van der Waals surface area contributed by atoms with Crippen molar-refractivity contribution in [3.8, 4) is 11.5 Å². The summed E-state index contributed by atoms with van der Waals surface area (Å²) >= 11 is 0. The Labute approximate surface area is 168 Å². The standard InChI is InChI=1S/C22H21N3O4/c23-22(27)25(28)16-15-24(17-9-3-1-4-10-17)21(26)19-13-7-8-14-20(19)29-18-11-5-2-6-12-18/h1-14,28H,15-16H2,(H2,23,27). The molecule has 0 saturated carbocycles. The first-order chi connectivity index (χ1) is 14.1. The van der Waals surface area contributed by atoms with Gasteiger partial charge in [-0.1, -0.05) is 48.5 Å². The van der Waals surface area contributed by atoms with Crippen LogP contribution in [-0.2, 0) is 0 Å². The average Bonchev–Trinajstić information content (AvgIpc) is 2.75. The van der Waals surface area contributed by atoms with Gasteiger partial charge in [-0.3, -0.25) is 10.0 Å². The van der Waals surface area contributed by atoms with E-state index >= 15 is 0 Å². The highest BCUT2D eigenvalue weighted by atomic mass is 16.5. The second-order valence-electron chi connectivity index (χ2n) is 6.16. The number of hydrogen-bond donors (Lipinski definition) is 2. The molecule has 3 amide bonds. The summed E-state index contributed by atoms with van der Waals surface area (Å²) in [4.78, 5) is 25.9. The number of carbonyl (C=O) groups is 2. The number of primary amides is 1. The topological polar surface area (TPSA) is 96.1 Å². The molecule has 0 aromatic heterocycles. The molecule has 148 valence electrons. The fourth-order valence-electron chi connectivity index (χ4n) is 2.75. The summed E-state index contributed by atoms with van der Waals surface area (Å²) in [5, 5.41) is 9.99. The van der Waals surface area contributed by atoms with Crippen LogP contribution in [0.2, 0.25) is 0 Å². The first-order valence-corrected chi connectivity index (χ1v) is 9.01. The van der Waals surface area contributed by atoms with Crippen molar-refractivity contribution < 1.29 is 19.5 Å². The van der Waals surface area contributed by atoms with Crippen molar-refractivity contribution >= 4 is 17.6 Å². The second-order valence-corrected chi connectivity index (χ2v) is 6.16. The van der Waals surface area contributed by atoms with Gasteiger partial charge < -0.3 is 15.4 Å². The van der Waals surface area contributed by atoms with Crippen molar-refractivity contribution in [2.45, 2.75) is 0 Å². The summed E-state index contributed by atoms with van der Waals surface area (Å²) in [5.41, 5.74) is 6.04. The Morgan fingerprint density at radius 3 is 2.07 bits per heavy atom. The zero-order valence-corrected chi connectivity index (χ0v) is 15.6. The number of amides is 3. The van der Waals surface area contributed by atoms with Gasteiger partial charge in [-0.25, -0.2) is 9.86 Å². The molecule has 0 saturated heterocycles. The number of nitrogens with two attached hydrogens (primary N) is 1. The number of nitrogens with zero attached hydrogens (tertiary/aromatic N) is 2. The fourth-order valence-corrected chi connectivity index (χ4v) is 2.75. The SMILES string of the molecule is NC(=O)N(O)CCN(C(=O)c1ccccc1Oc1ccccc1)c1ccccc1. The van der Waals surface area contributed by atoms with Gasteiger partial charge in [0.15, 0.2) is 0 Å². The van der Waals surface area contributed by atoms with Crippen LogP contribution in [0.5, 0.6) is 11.5 Å². The molecule has 3 aromatic carbocycles. The molecule has 0 aliphatic rings. The Morgan fingerprint density at radius 1 is 0.828 bits per heavy atom. The van der Waals surface area contributed by atoms with E-state index in [1.165, 1.54) is 4.90 Å². The first-order valence-electron chi connectivity index (χ1n) is 9.01. The molecule has 0 atom stereocenters. The van der Waals surface area contributed by atoms with Gasteiger partial charge in [0.25, 0.3) is 5.91 Å². The quantitative estimate of drug-likeness (QED) is 0.472. The number of ether oxygens (including phenoxy) is 1. The minimum Gasteiger partial charge on any atom is -0.457 e. The van der Waals surface area contributed by atoms with Gasteiger partial charge in [-0.2, -0.15) is 0 Å². The molecule has 0 heterocycles. The van der Waals surface area contributed by atoms with Gasteiger partial charge in [0.2, 0.25) is 0 Å². The van der Waals surface area contributed by atoms with E-state index in [2.05, 4.69) is 0 Å². The van der Waals surface area contributed by atoms with Gasteiger partial charge in [-0.15, -0.1) is 0 Å². The zero-order chi connectivity index (χ0) is 20.6. The van der Waals surface area contributed by atoms with E-state index in [-0.39, 0.29) is 19.0 Å². The van der Waals surface area contributed by atoms with Crippen LogP contribution < -0.4 is 15.4 Å². The Morgan fingerprint density at radius 2 is 1.41 bits per heavy atom. The number of anilines is 1. The van der Waals surface area contributed by atoms with Crippen molar-refractivity contribution in [3.05, 3.63) is 90.5 Å². The zero-order valence-electron chi connectivity index (χ0n) is 15.6. The van der Waals surface area contributed by atoms with E-state index in [0.717, 1.165) is 0 Å². The molecular weight excluding hydrogens is 370 g/mol. The van der Waals surface area contributed by atoms with Crippen LogP contribution in [0.15, 0.2) is 84.9 Å². The van der Waals surface area contributed by atoms with E-state index < -0.39 is 6.03 Å². The van der Waals surface area contributed by atoms with E-state index in [1.807, 2.05) is 24.3 Å². The molecule has 0 unspecified atom stereocenters. The van der Waals surface area contributed by atoms with Crippen LogP contribution in [-0.4, -0.2) is 35.3 Å². The van der Waals surface area contributed by atoms with E-state index in [0.29, 0.717) is 27.8 Å². The largest absolute Gasteiger partial charge is 0.457 e. The van der Waals surface area contributed by atoms with Crippen LogP contribution in [0.1, 0.15) is 10.4 Å². The summed E-state index contributed by atoms with van der Waals surface area (Å²) in [7, 11) is 0. The Kier molecular flexibility index (Phi) is 6.44. The number of benzene rings is 3.